The van der Waals surface area contributed by atoms with E-state index in [0.29, 0.717) is 24.9 Å². The maximum absolute atomic E-state index is 12.9. The molecule has 4 rings (SSSR count). The van der Waals surface area contributed by atoms with Crippen molar-refractivity contribution in [2.75, 3.05) is 6.54 Å². The highest BCUT2D eigenvalue weighted by Gasteiger charge is 2.36. The Morgan fingerprint density at radius 1 is 1.33 bits per heavy atom. The second-order valence-corrected chi connectivity index (χ2v) is 6.27. The van der Waals surface area contributed by atoms with Crippen LogP contribution in [0.1, 0.15) is 22.3 Å². The van der Waals surface area contributed by atoms with E-state index in [1.165, 1.54) is 0 Å². The van der Waals surface area contributed by atoms with Gasteiger partial charge in [0, 0.05) is 41.6 Å². The largest absolute Gasteiger partial charge is 0.391 e. The molecular formula is C19H19N3O2. The lowest BCUT2D eigenvalue weighted by Gasteiger charge is -2.26. The molecule has 5 nitrogen and oxygen atoms in total. The minimum absolute atomic E-state index is 0.0245. The normalized spacial score (nSPS) is 20.6. The number of hydrogen-bond acceptors (Lipinski definition) is 3. The smallest absolute Gasteiger partial charge is 0.254 e. The van der Waals surface area contributed by atoms with Gasteiger partial charge in [-0.1, -0.05) is 6.07 Å². The lowest BCUT2D eigenvalue weighted by atomic mass is 10.0. The van der Waals surface area contributed by atoms with Crippen molar-refractivity contribution in [2.45, 2.75) is 25.0 Å². The monoisotopic (exact) mass is 321 g/mol. The second kappa shape index (κ2) is 6.09. The molecule has 1 aromatic carbocycles. The first kappa shape index (κ1) is 14.9. The summed E-state index contributed by atoms with van der Waals surface area (Å²) >= 11 is 0. The number of nitrogens with one attached hydrogen (secondary N) is 1. The van der Waals surface area contributed by atoms with Crippen LogP contribution >= 0.6 is 0 Å². The van der Waals surface area contributed by atoms with E-state index in [1.54, 1.807) is 17.3 Å². The van der Waals surface area contributed by atoms with E-state index in [2.05, 4.69) is 9.97 Å². The number of H-pyrrole nitrogens is 1. The number of aliphatic hydroxyl groups excluding tert-OH is 1. The third-order valence-electron chi connectivity index (χ3n) is 4.74. The molecule has 1 saturated heterocycles. The zero-order valence-electron chi connectivity index (χ0n) is 13.2. The highest BCUT2D eigenvalue weighted by molar-refractivity contribution is 5.98. The minimum Gasteiger partial charge on any atom is -0.391 e. The molecule has 0 aliphatic carbocycles. The van der Waals surface area contributed by atoms with Gasteiger partial charge >= 0.3 is 0 Å². The lowest BCUT2D eigenvalue weighted by molar-refractivity contribution is 0.0640. The number of nitrogens with zero attached hydrogens (tertiary/aromatic N) is 2. The van der Waals surface area contributed by atoms with E-state index < -0.39 is 6.10 Å². The van der Waals surface area contributed by atoms with Gasteiger partial charge in [-0.3, -0.25) is 9.78 Å². The maximum Gasteiger partial charge on any atom is 0.254 e. The summed E-state index contributed by atoms with van der Waals surface area (Å²) in [4.78, 5) is 22.0. The number of aromatic nitrogens is 2. The first-order chi connectivity index (χ1) is 11.7. The molecule has 0 spiro atoms. The van der Waals surface area contributed by atoms with E-state index >= 15 is 0 Å². The summed E-state index contributed by atoms with van der Waals surface area (Å²) in [6, 6.07) is 11.3. The van der Waals surface area contributed by atoms with Crippen LogP contribution in [0.3, 0.4) is 0 Å². The van der Waals surface area contributed by atoms with Crippen LogP contribution in [0.25, 0.3) is 10.9 Å². The van der Waals surface area contributed by atoms with E-state index in [1.807, 2.05) is 42.6 Å². The number of aliphatic hydroxyl groups is 1. The van der Waals surface area contributed by atoms with E-state index in [0.717, 1.165) is 16.5 Å². The maximum atomic E-state index is 12.9. The van der Waals surface area contributed by atoms with Crippen molar-refractivity contribution < 1.29 is 9.90 Å². The summed E-state index contributed by atoms with van der Waals surface area (Å²) in [5.41, 5.74) is 2.70. The third kappa shape index (κ3) is 2.67. The minimum atomic E-state index is -0.495. The molecule has 2 N–H and O–H groups in total. The van der Waals surface area contributed by atoms with Gasteiger partial charge in [-0.15, -0.1) is 0 Å². The lowest BCUT2D eigenvalue weighted by Crippen LogP contribution is -2.41. The topological polar surface area (TPSA) is 69.2 Å². The molecule has 122 valence electrons. The fourth-order valence-electron chi connectivity index (χ4n) is 3.45. The Morgan fingerprint density at radius 3 is 3.08 bits per heavy atom. The number of rotatable bonds is 3. The van der Waals surface area contributed by atoms with Crippen LogP contribution in [0, 0.1) is 0 Å². The fraction of sp³-hybridized carbons (Fsp3) is 0.263. The van der Waals surface area contributed by atoms with Gasteiger partial charge in [0.1, 0.15) is 0 Å². The van der Waals surface area contributed by atoms with E-state index in [4.69, 9.17) is 0 Å². The fourth-order valence-corrected chi connectivity index (χ4v) is 3.45. The molecule has 2 atom stereocenters. The number of carbonyl (C=O) groups excluding carboxylic acids is 1. The number of benzene rings is 1. The van der Waals surface area contributed by atoms with E-state index in [-0.39, 0.29) is 11.9 Å². The highest BCUT2D eigenvalue weighted by Crippen LogP contribution is 2.25. The molecule has 1 fully saturated rings. The van der Waals surface area contributed by atoms with E-state index in [9.17, 15) is 9.90 Å². The molecule has 24 heavy (non-hydrogen) atoms. The van der Waals surface area contributed by atoms with Crippen molar-refractivity contribution >= 4 is 16.8 Å². The predicted molar refractivity (Wildman–Crippen MR) is 91.7 cm³/mol. The van der Waals surface area contributed by atoms with Gasteiger partial charge in [0.05, 0.1) is 12.1 Å². The number of fused-ring (bicyclic) bond motifs is 1. The van der Waals surface area contributed by atoms with Gasteiger partial charge in [0.2, 0.25) is 0 Å². The number of amides is 1. The Morgan fingerprint density at radius 2 is 2.25 bits per heavy atom. The Hall–Kier alpha value is -2.66. The Kier molecular flexibility index (Phi) is 3.78. The highest BCUT2D eigenvalue weighted by atomic mass is 16.3. The van der Waals surface area contributed by atoms with Crippen molar-refractivity contribution in [1.82, 2.24) is 14.9 Å². The number of carbonyl (C=O) groups is 1. The van der Waals surface area contributed by atoms with Crippen molar-refractivity contribution in [1.29, 1.82) is 0 Å². The zero-order valence-corrected chi connectivity index (χ0v) is 13.2. The number of hydrogen-bond donors (Lipinski definition) is 2. The van der Waals surface area contributed by atoms with Gasteiger partial charge in [0.15, 0.2) is 0 Å². The first-order valence-electron chi connectivity index (χ1n) is 8.17. The summed E-state index contributed by atoms with van der Waals surface area (Å²) in [6.07, 6.45) is 6.12. The molecule has 1 aliphatic heterocycles. The average molecular weight is 321 g/mol. The van der Waals surface area contributed by atoms with Crippen LogP contribution in [-0.2, 0) is 6.42 Å². The van der Waals surface area contributed by atoms with Crippen LogP contribution < -0.4 is 0 Å². The molecule has 2 aromatic heterocycles. The van der Waals surface area contributed by atoms with Crippen molar-refractivity contribution in [3.8, 4) is 0 Å². The summed E-state index contributed by atoms with van der Waals surface area (Å²) in [5, 5.41) is 11.4. The molecule has 0 unspecified atom stereocenters. The molecule has 3 aromatic rings. The second-order valence-electron chi connectivity index (χ2n) is 6.27. The quantitative estimate of drug-likeness (QED) is 0.778. The summed E-state index contributed by atoms with van der Waals surface area (Å²) in [7, 11) is 0. The average Bonchev–Trinajstić information content (AvgIpc) is 3.22. The van der Waals surface area contributed by atoms with Crippen LogP contribution in [0.2, 0.25) is 0 Å². The molecule has 5 heteroatoms. The molecule has 0 radical (unpaired) electrons. The predicted octanol–water partition coefficient (Wildman–Crippen LogP) is 2.38. The van der Waals surface area contributed by atoms with Crippen LogP contribution in [0.15, 0.2) is 55.0 Å². The van der Waals surface area contributed by atoms with Gasteiger partial charge in [-0.25, -0.2) is 0 Å². The molecule has 1 aliphatic rings. The van der Waals surface area contributed by atoms with Gasteiger partial charge in [-0.05, 0) is 48.7 Å². The molecular weight excluding hydrogens is 302 g/mol. The van der Waals surface area contributed by atoms with Gasteiger partial charge in [0.25, 0.3) is 5.91 Å². The summed E-state index contributed by atoms with van der Waals surface area (Å²) < 4.78 is 0. The number of aromatic amines is 1. The zero-order chi connectivity index (χ0) is 16.5. The number of pyridine rings is 1. The summed E-state index contributed by atoms with van der Waals surface area (Å²) in [5.74, 6) is -0.0245. The summed E-state index contributed by atoms with van der Waals surface area (Å²) in [6.45, 7) is 0.579. The Balaban J connectivity index is 1.59. The van der Waals surface area contributed by atoms with Crippen molar-refractivity contribution in [3.05, 3.63) is 66.1 Å². The van der Waals surface area contributed by atoms with Crippen LogP contribution in [-0.4, -0.2) is 44.6 Å². The van der Waals surface area contributed by atoms with Crippen LogP contribution in [0.5, 0.6) is 0 Å². The molecule has 0 saturated carbocycles. The van der Waals surface area contributed by atoms with Gasteiger partial charge in [-0.2, -0.15) is 0 Å². The Bertz CT molecular complexity index is 859. The Labute approximate surface area is 139 Å². The van der Waals surface area contributed by atoms with Crippen molar-refractivity contribution in [3.63, 3.8) is 0 Å². The SMILES string of the molecule is O=C(c1ccc2[nH]ccc2c1)N1CC[C@@H](O)[C@H]1Cc1cccnc1. The van der Waals surface area contributed by atoms with Crippen LogP contribution in [0.4, 0.5) is 0 Å². The molecule has 3 heterocycles. The molecule has 0 bridgehead atoms. The first-order valence-corrected chi connectivity index (χ1v) is 8.17. The third-order valence-corrected chi connectivity index (χ3v) is 4.74. The molecule has 1 amide bonds. The van der Waals surface area contributed by atoms with Gasteiger partial charge < -0.3 is 15.0 Å². The van der Waals surface area contributed by atoms with Crippen molar-refractivity contribution in [2.24, 2.45) is 0 Å². The number of likely N-dealkylation sites (tertiary alicyclic amines) is 1. The standard InChI is InChI=1S/C19H19N3O2/c23-18-6-9-22(17(18)10-13-2-1-7-20-12-13)19(24)15-3-4-16-14(11-15)5-8-21-16/h1-5,7-8,11-12,17-18,21,23H,6,9-10H2/t17-,18-/m1/s1.